The molecule has 0 spiro atoms. The number of halogens is 3. The van der Waals surface area contributed by atoms with Gasteiger partial charge >= 0.3 is 12.2 Å². The van der Waals surface area contributed by atoms with Crippen molar-refractivity contribution in [3.8, 4) is 0 Å². The van der Waals surface area contributed by atoms with Crippen LogP contribution in [0.2, 0.25) is 0 Å². The predicted molar refractivity (Wildman–Crippen MR) is 69.2 cm³/mol. The van der Waals surface area contributed by atoms with Crippen molar-refractivity contribution in [2.45, 2.75) is 25.1 Å². The molecule has 0 aromatic heterocycles. The third kappa shape index (κ3) is 3.63. The van der Waals surface area contributed by atoms with E-state index in [9.17, 15) is 18.0 Å². The molecule has 1 aromatic carbocycles. The highest BCUT2D eigenvalue weighted by atomic mass is 19.4. The van der Waals surface area contributed by atoms with Crippen molar-refractivity contribution >= 4 is 11.7 Å². The van der Waals surface area contributed by atoms with Crippen LogP contribution in [0.5, 0.6) is 0 Å². The number of hydrogen-bond acceptors (Lipinski definition) is 2. The lowest BCUT2D eigenvalue weighted by molar-refractivity contribution is -0.136. The van der Waals surface area contributed by atoms with Crippen LogP contribution in [0, 0.1) is 5.92 Å². The largest absolute Gasteiger partial charge is 0.418 e. The number of amides is 2. The molecule has 1 aliphatic carbocycles. The molecule has 0 saturated heterocycles. The Balaban J connectivity index is 1.91. The third-order valence-electron chi connectivity index (χ3n) is 3.30. The van der Waals surface area contributed by atoms with E-state index in [1.807, 2.05) is 0 Å². The number of nitrogens with one attached hydrogen (secondary N) is 2. The average Bonchev–Trinajstić information content (AvgIpc) is 2.32. The summed E-state index contributed by atoms with van der Waals surface area (Å²) in [6, 6.07) is 4.41. The van der Waals surface area contributed by atoms with Gasteiger partial charge in [-0.2, -0.15) is 13.2 Å². The smallest absolute Gasteiger partial charge is 0.338 e. The van der Waals surface area contributed by atoms with Crippen molar-refractivity contribution in [3.05, 3.63) is 29.8 Å². The number of nitrogens with two attached hydrogens (primary N) is 1. The Morgan fingerprint density at radius 2 is 1.95 bits per heavy atom. The Hall–Kier alpha value is -1.76. The molecule has 2 amide bonds. The summed E-state index contributed by atoms with van der Waals surface area (Å²) in [6.45, 7) is 0.424. The summed E-state index contributed by atoms with van der Waals surface area (Å²) in [7, 11) is 0. The van der Waals surface area contributed by atoms with E-state index in [2.05, 4.69) is 10.6 Å². The number of carbonyl (C=O) groups excluding carboxylic acids is 1. The van der Waals surface area contributed by atoms with Gasteiger partial charge < -0.3 is 16.4 Å². The maximum absolute atomic E-state index is 12.7. The predicted octanol–water partition coefficient (Wildman–Crippen LogP) is 2.56. The zero-order valence-electron chi connectivity index (χ0n) is 10.7. The van der Waals surface area contributed by atoms with Crippen molar-refractivity contribution in [3.63, 3.8) is 0 Å². The second-order valence-electron chi connectivity index (χ2n) is 4.98. The fraction of sp³-hybridized carbons (Fsp3) is 0.462. The van der Waals surface area contributed by atoms with Gasteiger partial charge in [0, 0.05) is 12.6 Å². The van der Waals surface area contributed by atoms with Crippen LogP contribution in [0.1, 0.15) is 18.4 Å². The first kappa shape index (κ1) is 14.6. The van der Waals surface area contributed by atoms with E-state index in [-0.39, 0.29) is 11.7 Å². The molecule has 0 bridgehead atoms. The quantitative estimate of drug-likeness (QED) is 0.800. The normalized spacial score (nSPS) is 22.0. The number of para-hydroxylation sites is 1. The van der Waals surface area contributed by atoms with Crippen LogP contribution in [-0.2, 0) is 6.18 Å². The molecule has 1 aliphatic rings. The van der Waals surface area contributed by atoms with Gasteiger partial charge in [-0.05, 0) is 30.9 Å². The van der Waals surface area contributed by atoms with Gasteiger partial charge in [0.2, 0.25) is 0 Å². The molecule has 7 heteroatoms. The van der Waals surface area contributed by atoms with Gasteiger partial charge in [0.15, 0.2) is 0 Å². The van der Waals surface area contributed by atoms with Gasteiger partial charge in [-0.25, -0.2) is 4.79 Å². The third-order valence-corrected chi connectivity index (χ3v) is 3.30. The van der Waals surface area contributed by atoms with Crippen LogP contribution < -0.4 is 16.4 Å². The molecule has 0 radical (unpaired) electrons. The SMILES string of the molecule is NC1CC(CNC(=O)Nc2ccccc2C(F)(F)F)C1. The zero-order valence-corrected chi connectivity index (χ0v) is 10.7. The molecule has 4 N–H and O–H groups in total. The molecule has 0 heterocycles. The lowest BCUT2D eigenvalue weighted by atomic mass is 9.81. The lowest BCUT2D eigenvalue weighted by Crippen LogP contribution is -2.43. The summed E-state index contributed by atoms with van der Waals surface area (Å²) in [4.78, 5) is 11.6. The number of anilines is 1. The molecule has 0 atom stereocenters. The highest BCUT2D eigenvalue weighted by Crippen LogP contribution is 2.34. The summed E-state index contributed by atoms with van der Waals surface area (Å²) in [5, 5.41) is 4.79. The van der Waals surface area contributed by atoms with Gasteiger partial charge in [0.05, 0.1) is 11.3 Å². The fourth-order valence-corrected chi connectivity index (χ4v) is 2.20. The van der Waals surface area contributed by atoms with Gasteiger partial charge in [0.25, 0.3) is 0 Å². The molecule has 1 fully saturated rings. The highest BCUT2D eigenvalue weighted by molar-refractivity contribution is 5.90. The number of hydrogen-bond donors (Lipinski definition) is 3. The standard InChI is InChI=1S/C13H16F3N3O/c14-13(15,16)10-3-1-2-4-11(10)19-12(20)18-7-8-5-9(17)6-8/h1-4,8-9H,5-7,17H2,(H2,18,19,20). The minimum atomic E-state index is -4.50. The highest BCUT2D eigenvalue weighted by Gasteiger charge is 2.33. The van der Waals surface area contributed by atoms with E-state index in [1.165, 1.54) is 18.2 Å². The van der Waals surface area contributed by atoms with Gasteiger partial charge in [-0.15, -0.1) is 0 Å². The molecule has 110 valence electrons. The van der Waals surface area contributed by atoms with Crippen molar-refractivity contribution in [2.75, 3.05) is 11.9 Å². The van der Waals surface area contributed by atoms with E-state index in [0.717, 1.165) is 18.9 Å². The van der Waals surface area contributed by atoms with E-state index >= 15 is 0 Å². The first-order valence-corrected chi connectivity index (χ1v) is 6.33. The van der Waals surface area contributed by atoms with Crippen molar-refractivity contribution in [2.24, 2.45) is 11.7 Å². The molecule has 20 heavy (non-hydrogen) atoms. The first-order chi connectivity index (χ1) is 9.36. The van der Waals surface area contributed by atoms with Gasteiger partial charge in [0.1, 0.15) is 0 Å². The molecule has 1 saturated carbocycles. The maximum atomic E-state index is 12.7. The summed E-state index contributed by atoms with van der Waals surface area (Å²) in [6.07, 6.45) is -2.83. The van der Waals surface area contributed by atoms with Crippen LogP contribution in [0.15, 0.2) is 24.3 Å². The van der Waals surface area contributed by atoms with Gasteiger partial charge in [-0.1, -0.05) is 12.1 Å². The Morgan fingerprint density at radius 1 is 1.30 bits per heavy atom. The van der Waals surface area contributed by atoms with E-state index in [4.69, 9.17) is 5.73 Å². The molecule has 1 aromatic rings. The van der Waals surface area contributed by atoms with Crippen molar-refractivity contribution < 1.29 is 18.0 Å². The second-order valence-corrected chi connectivity index (χ2v) is 4.98. The molecular formula is C13H16F3N3O. The molecule has 2 rings (SSSR count). The number of urea groups is 1. The van der Waals surface area contributed by atoms with Crippen LogP contribution in [-0.4, -0.2) is 18.6 Å². The second kappa shape index (κ2) is 5.70. The van der Waals surface area contributed by atoms with Crippen LogP contribution in [0.3, 0.4) is 0 Å². The summed E-state index contributed by atoms with van der Waals surface area (Å²) in [5.74, 6) is 0.314. The molecule has 0 aliphatic heterocycles. The average molecular weight is 287 g/mol. The fourth-order valence-electron chi connectivity index (χ4n) is 2.20. The number of rotatable bonds is 3. The topological polar surface area (TPSA) is 67.1 Å². The summed E-state index contributed by atoms with van der Waals surface area (Å²) in [5.41, 5.74) is 4.51. The van der Waals surface area contributed by atoms with Crippen molar-refractivity contribution in [1.29, 1.82) is 0 Å². The molecule has 0 unspecified atom stereocenters. The number of carbonyl (C=O) groups is 1. The van der Waals surface area contributed by atoms with Gasteiger partial charge in [-0.3, -0.25) is 0 Å². The van der Waals surface area contributed by atoms with E-state index < -0.39 is 17.8 Å². The minimum absolute atomic E-state index is 0.177. The molecular weight excluding hydrogens is 271 g/mol. The zero-order chi connectivity index (χ0) is 14.8. The number of alkyl halides is 3. The monoisotopic (exact) mass is 287 g/mol. The lowest BCUT2D eigenvalue weighted by Gasteiger charge is -2.32. The van der Waals surface area contributed by atoms with E-state index in [1.54, 1.807) is 0 Å². The van der Waals surface area contributed by atoms with Crippen molar-refractivity contribution in [1.82, 2.24) is 5.32 Å². The Bertz CT molecular complexity index is 484. The van der Waals surface area contributed by atoms with Crippen LogP contribution >= 0.6 is 0 Å². The summed E-state index contributed by atoms with van der Waals surface area (Å²) >= 11 is 0. The molecule has 4 nitrogen and oxygen atoms in total. The first-order valence-electron chi connectivity index (χ1n) is 6.33. The maximum Gasteiger partial charge on any atom is 0.418 e. The summed E-state index contributed by atoms with van der Waals surface area (Å²) < 4.78 is 38.2. The Labute approximate surface area is 114 Å². The van der Waals surface area contributed by atoms with Crippen LogP contribution in [0.25, 0.3) is 0 Å². The van der Waals surface area contributed by atoms with Crippen LogP contribution in [0.4, 0.5) is 23.7 Å². The minimum Gasteiger partial charge on any atom is -0.338 e. The Morgan fingerprint density at radius 3 is 2.55 bits per heavy atom. The number of benzene rings is 1. The Kier molecular flexibility index (Phi) is 4.17. The van der Waals surface area contributed by atoms with E-state index in [0.29, 0.717) is 12.5 Å².